The Morgan fingerprint density at radius 2 is 0.922 bits per heavy atom. The molecule has 604 valence electrons. The molecule has 4 N–H and O–H groups in total. The van der Waals surface area contributed by atoms with Crippen LogP contribution in [0.15, 0.2) is 287 Å². The van der Waals surface area contributed by atoms with Gasteiger partial charge in [-0.05, 0) is 149 Å². The van der Waals surface area contributed by atoms with Crippen LogP contribution in [0, 0.1) is 26.0 Å². The number of carboxylic acids is 1. The molecule has 30 heteroatoms. The van der Waals surface area contributed by atoms with Crippen LogP contribution in [0.4, 0.5) is 32.8 Å². The fraction of sp³-hybridized carbons (Fsp3) is 0.209. The highest BCUT2D eigenvalue weighted by molar-refractivity contribution is 9.09. The third kappa shape index (κ3) is 28.7. The minimum Gasteiger partial charge on any atom is -0.478 e. The number of thiol groups is 1. The first-order chi connectivity index (χ1) is 56.1. The Morgan fingerprint density at radius 1 is 0.509 bits per heavy atom. The number of benzene rings is 10. The number of para-hydroxylation sites is 5. The van der Waals surface area contributed by atoms with Crippen LogP contribution in [-0.4, -0.2) is 106 Å². The number of halogens is 2. The van der Waals surface area contributed by atoms with Gasteiger partial charge in [0.1, 0.15) is 5.33 Å². The summed E-state index contributed by atoms with van der Waals surface area (Å²) in [5.74, 6) is -2.81. The highest BCUT2D eigenvalue weighted by atomic mass is 79.9. The fourth-order valence-corrected chi connectivity index (χ4v) is 15.7. The Balaban J connectivity index is 0.000000195. The van der Waals surface area contributed by atoms with Crippen LogP contribution in [0.5, 0.6) is 0 Å². The number of ether oxygens (including phenoxy) is 3. The predicted octanol–water partition coefficient (Wildman–Crippen LogP) is 20.9. The molecule has 3 aliphatic heterocycles. The van der Waals surface area contributed by atoms with Gasteiger partial charge in [-0.1, -0.05) is 210 Å². The average molecular weight is 1730 g/mol. The Kier molecular flexibility index (Phi) is 39.4. The summed E-state index contributed by atoms with van der Waals surface area (Å²) in [5.41, 5.74) is 6.87. The SMILES string of the molecule is CCOC(=O)CBr.CCOC(=O)CCCCCCN1C(=O)c2ccccc2Sc2ccccc21.COC(=O)c1ccccc1Sc1ccccc1[N+](=O)[O-].O=C(CCCCCCN1C(=O)c2ccccc2Sc2ccccc21)NO.O=C(O)c1ccccc1S.O=C1Nc2ccccc2Sc2ccccc21.O=[N+]([O-])c1ccccc1F. The van der Waals surface area contributed by atoms with Crippen LogP contribution in [0.2, 0.25) is 0 Å². The minimum absolute atomic E-state index is 0.0113. The molecule has 0 fully saturated rings. The van der Waals surface area contributed by atoms with E-state index in [-0.39, 0.29) is 46.8 Å². The third-order valence-corrected chi connectivity index (χ3v) is 22.0. The van der Waals surface area contributed by atoms with Crippen molar-refractivity contribution in [1.82, 2.24) is 5.48 Å². The molecular formula is C86H84BrFN6O17S5. The number of aromatic carboxylic acids is 1. The molecule has 0 atom stereocenters. The lowest BCUT2D eigenvalue weighted by molar-refractivity contribution is -0.387. The van der Waals surface area contributed by atoms with Gasteiger partial charge in [0.15, 0.2) is 0 Å². The summed E-state index contributed by atoms with van der Waals surface area (Å²) in [7, 11) is 1.30. The van der Waals surface area contributed by atoms with Gasteiger partial charge in [0.2, 0.25) is 11.7 Å². The molecule has 0 aliphatic carbocycles. The second-order valence-electron chi connectivity index (χ2n) is 24.5. The second kappa shape index (κ2) is 49.6. The first-order valence-corrected chi connectivity index (χ1v) is 41.3. The van der Waals surface area contributed by atoms with E-state index in [0.29, 0.717) is 64.7 Å². The number of anilines is 3. The zero-order valence-electron chi connectivity index (χ0n) is 63.3. The van der Waals surface area contributed by atoms with E-state index in [0.717, 1.165) is 127 Å². The number of amides is 4. The average Bonchev–Trinajstić information content (AvgIpc) is 1.65. The Morgan fingerprint density at radius 3 is 1.41 bits per heavy atom. The smallest absolute Gasteiger partial charge is 0.339 e. The molecule has 116 heavy (non-hydrogen) atoms. The second-order valence-corrected chi connectivity index (χ2v) is 29.9. The van der Waals surface area contributed by atoms with Crippen LogP contribution < -0.4 is 20.6 Å². The van der Waals surface area contributed by atoms with Crippen LogP contribution in [0.25, 0.3) is 0 Å². The number of carbonyl (C=O) groups excluding carboxylic acids is 7. The van der Waals surface area contributed by atoms with Gasteiger partial charge in [0.05, 0.1) is 79.9 Å². The maximum absolute atomic E-state index is 13.1. The van der Waals surface area contributed by atoms with Crippen molar-refractivity contribution in [3.8, 4) is 0 Å². The molecule has 4 amide bonds. The van der Waals surface area contributed by atoms with E-state index in [1.807, 2.05) is 150 Å². The number of nitrogens with one attached hydrogen (secondary N) is 2. The van der Waals surface area contributed by atoms with Crippen molar-refractivity contribution < 1.29 is 77.1 Å². The molecule has 3 aliphatic rings. The first-order valence-electron chi connectivity index (χ1n) is 36.4. The number of alkyl halides is 1. The summed E-state index contributed by atoms with van der Waals surface area (Å²) < 4.78 is 26.6. The van der Waals surface area contributed by atoms with Crippen molar-refractivity contribution in [1.29, 1.82) is 0 Å². The number of hydroxylamine groups is 1. The molecule has 0 spiro atoms. The van der Waals surface area contributed by atoms with Crippen LogP contribution >= 0.6 is 75.6 Å². The number of carbonyl (C=O) groups is 8. The molecule has 0 aromatic heterocycles. The summed E-state index contributed by atoms with van der Waals surface area (Å²) in [5, 5.41) is 41.2. The van der Waals surface area contributed by atoms with Gasteiger partial charge < -0.3 is 34.4 Å². The number of esters is 3. The van der Waals surface area contributed by atoms with Crippen molar-refractivity contribution in [2.45, 2.75) is 122 Å². The molecule has 10 aromatic carbocycles. The first kappa shape index (κ1) is 92.1. The number of rotatable bonds is 23. The van der Waals surface area contributed by atoms with Crippen LogP contribution in [0.3, 0.4) is 0 Å². The number of nitro benzene ring substituents is 2. The summed E-state index contributed by atoms with van der Waals surface area (Å²) in [4.78, 5) is 124. The van der Waals surface area contributed by atoms with Gasteiger partial charge >= 0.3 is 29.6 Å². The topological polar surface area (TPSA) is 322 Å². The molecule has 10 aromatic rings. The molecule has 0 unspecified atom stereocenters. The van der Waals surface area contributed by atoms with Crippen LogP contribution in [-0.2, 0) is 28.6 Å². The lowest BCUT2D eigenvalue weighted by Gasteiger charge is -2.23. The third-order valence-electron chi connectivity index (χ3n) is 16.6. The Labute approximate surface area is 701 Å². The molecule has 23 nitrogen and oxygen atoms in total. The zero-order chi connectivity index (χ0) is 83.7. The van der Waals surface area contributed by atoms with Gasteiger partial charge in [0.25, 0.3) is 23.4 Å². The van der Waals surface area contributed by atoms with Crippen molar-refractivity contribution in [3.05, 3.63) is 297 Å². The number of methoxy groups -OCH3 is 1. The molecule has 0 saturated heterocycles. The van der Waals surface area contributed by atoms with Gasteiger partial charge in [-0.25, -0.2) is 15.1 Å². The number of fused-ring (bicyclic) bond motifs is 6. The Bertz CT molecular complexity index is 4970. The van der Waals surface area contributed by atoms with Gasteiger partial charge in [-0.3, -0.25) is 54.2 Å². The Hall–Kier alpha value is -11.1. The van der Waals surface area contributed by atoms with E-state index in [1.165, 1.54) is 43.1 Å². The molecule has 3 heterocycles. The molecular weight excluding hydrogens is 1650 g/mol. The van der Waals surface area contributed by atoms with Crippen molar-refractivity contribution >= 4 is 152 Å². The number of unbranched alkanes of at least 4 members (excludes halogenated alkanes) is 6. The standard InChI is InChI=1S/C22H25NO3S.C20H22N2O3S.C14H11NO4S.C13H9NOS.C7H6O2S.C6H4FNO2.C4H7BrO2/c1-2-26-21(24)15-5-3-4-10-16-23-18-12-7-9-14-20(18)27-19-13-8-6-11-17(19)22(23)25;23-19(21-25)13-3-1-2-8-14-22-16-10-5-7-12-18(16)26-17-11-6-4-9-15(17)20(22)24;1-19-14(16)10-6-2-4-8-12(10)20-13-9-5-3-7-11(13)15(17)18;15-13-9-5-1-3-7-11(9)16-12-8-4-2-6-10(12)14-13;8-7(9)5-3-1-2-4-6(5)10;7-5-3-1-2-4-6(5)8(9)10;1-2-7-4(6)3-5/h6-9,11-14H,2-5,10,15-16H2,1H3;4-7,9-12,25H,1-3,8,13-14H2,(H,21,23);2-9H,1H3;1-8H,(H,14,15);1-4,10H,(H,8,9);1-4H;2-3H2,1H3. The van der Waals surface area contributed by atoms with E-state index < -0.39 is 33.3 Å². The van der Waals surface area contributed by atoms with Gasteiger partial charge in [-0.2, -0.15) is 4.39 Å². The molecule has 0 bridgehead atoms. The number of hydrogen-bond donors (Lipinski definition) is 5. The predicted molar refractivity (Wildman–Crippen MR) is 454 cm³/mol. The van der Waals surface area contributed by atoms with Crippen molar-refractivity contribution in [2.24, 2.45) is 0 Å². The van der Waals surface area contributed by atoms with E-state index in [1.54, 1.807) is 108 Å². The normalized spacial score (nSPS) is 11.6. The van der Waals surface area contributed by atoms with Crippen molar-refractivity contribution in [3.63, 3.8) is 0 Å². The van der Waals surface area contributed by atoms with Gasteiger partial charge in [-0.15, -0.1) is 12.6 Å². The maximum atomic E-state index is 13.1. The fourth-order valence-electron chi connectivity index (χ4n) is 11.1. The number of nitro groups is 2. The quantitative estimate of drug-likeness (QED) is 0.00580. The van der Waals surface area contributed by atoms with Gasteiger partial charge in [0, 0.05) is 77.2 Å². The van der Waals surface area contributed by atoms with Crippen LogP contribution in [0.1, 0.15) is 130 Å². The maximum Gasteiger partial charge on any atom is 0.339 e. The lowest BCUT2D eigenvalue weighted by Crippen LogP contribution is -2.31. The summed E-state index contributed by atoms with van der Waals surface area (Å²) in [6.07, 6.45) is 7.92. The molecule has 0 saturated carbocycles. The van der Waals surface area contributed by atoms with E-state index >= 15 is 0 Å². The molecule has 13 rings (SSSR count). The van der Waals surface area contributed by atoms with E-state index in [9.17, 15) is 63.0 Å². The summed E-state index contributed by atoms with van der Waals surface area (Å²) in [6.45, 7) is 5.84. The number of hydrogen-bond acceptors (Lipinski definition) is 21. The minimum atomic E-state index is -0.939. The largest absolute Gasteiger partial charge is 0.478 e. The highest BCUT2D eigenvalue weighted by Gasteiger charge is 2.29. The van der Waals surface area contributed by atoms with E-state index in [4.69, 9.17) is 19.8 Å². The van der Waals surface area contributed by atoms with Crippen molar-refractivity contribution in [2.75, 3.05) is 53.9 Å². The van der Waals surface area contributed by atoms with E-state index in [2.05, 4.69) is 50.7 Å². The molecule has 0 radical (unpaired) electrons. The summed E-state index contributed by atoms with van der Waals surface area (Å²) in [6, 6.07) is 72.0. The number of nitrogens with zero attached hydrogens (tertiary/aromatic N) is 4. The number of carboxylic acid groups (broad SMARTS) is 1. The highest BCUT2D eigenvalue weighted by Crippen LogP contribution is 2.44. The monoisotopic (exact) mass is 1730 g/mol. The lowest BCUT2D eigenvalue weighted by atomic mass is 10.1. The zero-order valence-corrected chi connectivity index (χ0v) is 69.1. The summed E-state index contributed by atoms with van der Waals surface area (Å²) >= 11 is 13.0.